The molecule has 0 amide bonds. The van der Waals surface area contributed by atoms with Crippen molar-refractivity contribution in [2.45, 2.75) is 20.0 Å². The predicted molar refractivity (Wildman–Crippen MR) is 61.0 cm³/mol. The number of ether oxygens (including phenoxy) is 1. The number of alkyl halides is 2. The van der Waals surface area contributed by atoms with Crippen LogP contribution in [0.1, 0.15) is 12.7 Å². The molecule has 0 unspecified atom stereocenters. The van der Waals surface area contributed by atoms with Crippen molar-refractivity contribution in [1.29, 1.82) is 0 Å². The topological polar surface area (TPSA) is 64.3 Å². The zero-order valence-corrected chi connectivity index (χ0v) is 9.86. The number of anilines is 2. The van der Waals surface area contributed by atoms with Gasteiger partial charge in [0.25, 0.3) is 6.43 Å². The van der Waals surface area contributed by atoms with Gasteiger partial charge in [0.05, 0.1) is 6.54 Å². The number of nitrogens with two attached hydrogens (primary N) is 1. The molecule has 0 fully saturated rings. The number of rotatable bonds is 6. The summed E-state index contributed by atoms with van der Waals surface area (Å²) in [4.78, 5) is 9.39. The van der Waals surface area contributed by atoms with Gasteiger partial charge in [-0.3, -0.25) is 0 Å². The normalized spacial score (nSPS) is 10.9. The third kappa shape index (κ3) is 4.48. The fourth-order valence-corrected chi connectivity index (χ4v) is 1.26. The summed E-state index contributed by atoms with van der Waals surface area (Å²) in [5.41, 5.74) is 5.58. The maximum Gasteiger partial charge on any atom is 0.255 e. The van der Waals surface area contributed by atoms with Crippen LogP contribution >= 0.6 is 0 Å². The van der Waals surface area contributed by atoms with Gasteiger partial charge in [-0.25, -0.2) is 18.7 Å². The lowest BCUT2D eigenvalue weighted by Gasteiger charge is -2.18. The highest BCUT2D eigenvalue weighted by molar-refractivity contribution is 5.46. The zero-order valence-electron chi connectivity index (χ0n) is 9.86. The molecule has 0 atom stereocenters. The van der Waals surface area contributed by atoms with Crippen LogP contribution in [0, 0.1) is 0 Å². The fourth-order valence-electron chi connectivity index (χ4n) is 1.26. The molecule has 0 radical (unpaired) electrons. The van der Waals surface area contributed by atoms with Crippen molar-refractivity contribution in [2.75, 3.05) is 30.8 Å². The van der Waals surface area contributed by atoms with Crippen LogP contribution in [0.5, 0.6) is 0 Å². The highest BCUT2D eigenvalue weighted by atomic mass is 19.3. The Hall–Kier alpha value is -1.50. The van der Waals surface area contributed by atoms with Gasteiger partial charge in [-0.1, -0.05) is 0 Å². The van der Waals surface area contributed by atoms with Gasteiger partial charge in [0.1, 0.15) is 18.2 Å². The van der Waals surface area contributed by atoms with Gasteiger partial charge in [-0.05, 0) is 6.92 Å². The molecule has 1 rings (SSSR count). The van der Waals surface area contributed by atoms with Crippen LogP contribution in [-0.2, 0) is 11.3 Å². The lowest BCUT2D eigenvalue weighted by molar-refractivity contribution is 0.128. The molecule has 0 bridgehead atoms. The van der Waals surface area contributed by atoms with E-state index in [1.54, 1.807) is 0 Å². The first kappa shape index (κ1) is 13.6. The van der Waals surface area contributed by atoms with Crippen LogP contribution < -0.4 is 10.6 Å². The molecular weight excluding hydrogens is 230 g/mol. The van der Waals surface area contributed by atoms with Crippen molar-refractivity contribution in [1.82, 2.24) is 9.97 Å². The van der Waals surface area contributed by atoms with Gasteiger partial charge in [-0.15, -0.1) is 0 Å². The smallest absolute Gasteiger partial charge is 0.255 e. The summed E-state index contributed by atoms with van der Waals surface area (Å²) in [5, 5.41) is 0. The Balaban J connectivity index is 2.80. The lowest BCUT2D eigenvalue weighted by Crippen LogP contribution is -2.25. The van der Waals surface area contributed by atoms with E-state index in [1.807, 2.05) is 6.92 Å². The van der Waals surface area contributed by atoms with E-state index in [2.05, 4.69) is 9.97 Å². The molecule has 0 aliphatic rings. The van der Waals surface area contributed by atoms with Gasteiger partial charge in [-0.2, -0.15) is 0 Å². The number of halogens is 2. The number of aromatic nitrogens is 2. The van der Waals surface area contributed by atoms with E-state index in [-0.39, 0.29) is 12.4 Å². The summed E-state index contributed by atoms with van der Waals surface area (Å²) in [7, 11) is 1.53. The van der Waals surface area contributed by atoms with E-state index < -0.39 is 13.0 Å². The van der Waals surface area contributed by atoms with Crippen molar-refractivity contribution in [3.8, 4) is 0 Å². The first-order chi connectivity index (χ1) is 8.02. The molecule has 0 aliphatic carbocycles. The summed E-state index contributed by atoms with van der Waals surface area (Å²) in [6.07, 6.45) is -2.42. The van der Waals surface area contributed by atoms with Crippen molar-refractivity contribution < 1.29 is 13.5 Å². The molecule has 2 N–H and O–H groups in total. The molecule has 1 heterocycles. The summed E-state index contributed by atoms with van der Waals surface area (Å²) >= 11 is 0. The molecule has 0 spiro atoms. The van der Waals surface area contributed by atoms with Gasteiger partial charge >= 0.3 is 0 Å². The molecule has 1 aromatic heterocycles. The SMILES string of the molecule is CCOCc1nc(N)cc(N(C)CC(F)F)n1. The highest BCUT2D eigenvalue weighted by Crippen LogP contribution is 2.14. The Morgan fingerprint density at radius 3 is 2.76 bits per heavy atom. The number of hydrogen-bond acceptors (Lipinski definition) is 5. The van der Waals surface area contributed by atoms with Gasteiger partial charge in [0.15, 0.2) is 5.82 Å². The lowest BCUT2D eigenvalue weighted by atomic mass is 10.4. The number of nitrogens with zero attached hydrogens (tertiary/aromatic N) is 3. The van der Waals surface area contributed by atoms with Crippen LogP contribution in [0.3, 0.4) is 0 Å². The van der Waals surface area contributed by atoms with Crippen LogP contribution in [-0.4, -0.2) is 36.6 Å². The molecule has 1 aromatic rings. The van der Waals surface area contributed by atoms with E-state index in [0.717, 1.165) is 0 Å². The molecule has 0 aliphatic heterocycles. The summed E-state index contributed by atoms with van der Waals surface area (Å²) in [6.45, 7) is 2.19. The van der Waals surface area contributed by atoms with Crippen LogP contribution in [0.15, 0.2) is 6.07 Å². The van der Waals surface area contributed by atoms with Gasteiger partial charge < -0.3 is 15.4 Å². The minimum absolute atomic E-state index is 0.219. The van der Waals surface area contributed by atoms with E-state index in [0.29, 0.717) is 18.2 Å². The van der Waals surface area contributed by atoms with E-state index >= 15 is 0 Å². The average molecular weight is 246 g/mol. The molecular formula is C10H16F2N4O. The maximum absolute atomic E-state index is 12.2. The fraction of sp³-hybridized carbons (Fsp3) is 0.600. The van der Waals surface area contributed by atoms with Crippen molar-refractivity contribution in [2.24, 2.45) is 0 Å². The zero-order chi connectivity index (χ0) is 12.8. The molecule has 17 heavy (non-hydrogen) atoms. The van der Waals surface area contributed by atoms with Crippen LogP contribution in [0.25, 0.3) is 0 Å². The highest BCUT2D eigenvalue weighted by Gasteiger charge is 2.11. The largest absolute Gasteiger partial charge is 0.384 e. The molecule has 0 saturated carbocycles. The van der Waals surface area contributed by atoms with Crippen molar-refractivity contribution >= 4 is 11.6 Å². The molecule has 0 saturated heterocycles. The quantitative estimate of drug-likeness (QED) is 0.819. The third-order valence-electron chi connectivity index (χ3n) is 2.02. The second-order valence-corrected chi connectivity index (χ2v) is 3.48. The molecule has 96 valence electrons. The summed E-state index contributed by atoms with van der Waals surface area (Å²) in [6, 6.07) is 1.46. The minimum Gasteiger partial charge on any atom is -0.384 e. The second-order valence-electron chi connectivity index (χ2n) is 3.48. The Bertz CT molecular complexity index is 362. The van der Waals surface area contributed by atoms with Crippen LogP contribution in [0.4, 0.5) is 20.4 Å². The van der Waals surface area contributed by atoms with E-state index in [1.165, 1.54) is 18.0 Å². The Morgan fingerprint density at radius 1 is 1.47 bits per heavy atom. The monoisotopic (exact) mass is 246 g/mol. The number of nitrogen functional groups attached to an aromatic ring is 1. The van der Waals surface area contributed by atoms with E-state index in [4.69, 9.17) is 10.5 Å². The van der Waals surface area contributed by atoms with Gasteiger partial charge in [0.2, 0.25) is 0 Å². The molecule has 7 heteroatoms. The van der Waals surface area contributed by atoms with Crippen molar-refractivity contribution in [3.05, 3.63) is 11.9 Å². The maximum atomic E-state index is 12.2. The van der Waals surface area contributed by atoms with Crippen LogP contribution in [0.2, 0.25) is 0 Å². The first-order valence-electron chi connectivity index (χ1n) is 5.23. The Kier molecular flexibility index (Phi) is 5.02. The first-order valence-corrected chi connectivity index (χ1v) is 5.23. The number of hydrogen-bond donors (Lipinski definition) is 1. The Morgan fingerprint density at radius 2 is 2.18 bits per heavy atom. The molecule has 0 aromatic carbocycles. The minimum atomic E-state index is -2.42. The predicted octanol–water partition coefficient (Wildman–Crippen LogP) is 1.30. The van der Waals surface area contributed by atoms with Gasteiger partial charge in [0, 0.05) is 19.7 Å². The molecule has 5 nitrogen and oxygen atoms in total. The van der Waals surface area contributed by atoms with Crippen molar-refractivity contribution in [3.63, 3.8) is 0 Å². The summed E-state index contributed by atoms with van der Waals surface area (Å²) < 4.78 is 29.6. The second kappa shape index (κ2) is 6.29. The standard InChI is InChI=1S/C10H16F2N4O/c1-3-17-6-9-14-8(13)4-10(15-9)16(2)5-7(11)12/h4,7H,3,5-6H2,1-2H3,(H2,13,14,15). The average Bonchev–Trinajstić information content (AvgIpc) is 2.24. The van der Waals surface area contributed by atoms with E-state index in [9.17, 15) is 8.78 Å². The third-order valence-corrected chi connectivity index (χ3v) is 2.02. The Labute approximate surface area is 98.6 Å². The summed E-state index contributed by atoms with van der Waals surface area (Å²) in [5.74, 6) is 1.00.